The molecule has 1 saturated carbocycles. The van der Waals surface area contributed by atoms with Crippen LogP contribution in [0.15, 0.2) is 22.8 Å². The summed E-state index contributed by atoms with van der Waals surface area (Å²) in [4.78, 5) is 2.80. The Kier molecular flexibility index (Phi) is 2.28. The van der Waals surface area contributed by atoms with E-state index in [0.29, 0.717) is 5.76 Å². The summed E-state index contributed by atoms with van der Waals surface area (Å²) in [5.41, 5.74) is 3.46. The average molecular weight is 273 g/mol. The number of hydrogen-bond donors (Lipinski definition) is 2. The smallest absolute Gasteiger partial charge is 0.342 e. The third-order valence-corrected chi connectivity index (χ3v) is 4.40. The van der Waals surface area contributed by atoms with E-state index in [9.17, 15) is 10.5 Å². The number of methoxy groups -OCH3 is 2. The molecule has 0 saturated heterocycles. The van der Waals surface area contributed by atoms with Gasteiger partial charge in [0.1, 0.15) is 5.76 Å². The van der Waals surface area contributed by atoms with Crippen LogP contribution in [0.2, 0.25) is 0 Å². The van der Waals surface area contributed by atoms with Gasteiger partial charge in [0, 0.05) is 14.2 Å². The van der Waals surface area contributed by atoms with Crippen LogP contribution in [0.4, 0.5) is 0 Å². The van der Waals surface area contributed by atoms with Crippen LogP contribution in [0.3, 0.4) is 0 Å². The predicted octanol–water partition coefficient (Wildman–Crippen LogP) is -1.21. The molecule has 1 aromatic heterocycles. The van der Waals surface area contributed by atoms with Gasteiger partial charge in [-0.25, -0.2) is 4.99 Å². The minimum Gasteiger partial charge on any atom is -0.469 e. The quantitative estimate of drug-likeness (QED) is 0.667. The number of hydrogen-bond acceptors (Lipinski definition) is 6. The van der Waals surface area contributed by atoms with E-state index in [-0.39, 0.29) is 5.84 Å². The number of nitrogens with two attached hydrogens (primary N) is 1. The lowest BCUT2D eigenvalue weighted by Crippen LogP contribution is -2.90. The highest BCUT2D eigenvalue weighted by molar-refractivity contribution is 5.95. The third kappa shape index (κ3) is 0.944. The summed E-state index contributed by atoms with van der Waals surface area (Å²) >= 11 is 0. The lowest BCUT2D eigenvalue weighted by atomic mass is 9.94. The van der Waals surface area contributed by atoms with Crippen molar-refractivity contribution in [3.63, 3.8) is 0 Å². The summed E-state index contributed by atoms with van der Waals surface area (Å²) in [6.45, 7) is 0. The number of rotatable bonds is 3. The van der Waals surface area contributed by atoms with Crippen LogP contribution < -0.4 is 10.7 Å². The highest BCUT2D eigenvalue weighted by Crippen LogP contribution is 2.78. The molecule has 0 radical (unpaired) electrons. The van der Waals surface area contributed by atoms with E-state index in [1.54, 1.807) is 12.1 Å². The van der Waals surface area contributed by atoms with Crippen molar-refractivity contribution in [2.75, 3.05) is 14.2 Å². The van der Waals surface area contributed by atoms with Gasteiger partial charge in [0.2, 0.25) is 0 Å². The zero-order valence-corrected chi connectivity index (χ0v) is 11.0. The van der Waals surface area contributed by atoms with Gasteiger partial charge >= 0.3 is 5.91 Å². The van der Waals surface area contributed by atoms with E-state index in [4.69, 9.17) is 19.6 Å². The molecule has 0 spiro atoms. The van der Waals surface area contributed by atoms with Crippen LogP contribution in [-0.4, -0.2) is 26.0 Å². The molecule has 2 aliphatic rings. The molecule has 1 fully saturated rings. The van der Waals surface area contributed by atoms with E-state index in [1.165, 1.54) is 20.5 Å². The van der Waals surface area contributed by atoms with Crippen molar-refractivity contribution in [3.05, 3.63) is 24.2 Å². The van der Waals surface area contributed by atoms with Crippen LogP contribution in [-0.2, 0) is 9.47 Å². The molecule has 7 nitrogen and oxygen atoms in total. The molecular weight excluding hydrogens is 260 g/mol. The highest BCUT2D eigenvalue weighted by atomic mass is 16.7. The first-order chi connectivity index (χ1) is 9.60. The van der Waals surface area contributed by atoms with Crippen LogP contribution in [0.1, 0.15) is 11.7 Å². The second-order valence-electron chi connectivity index (χ2n) is 4.85. The normalized spacial score (nSPS) is 36.6. The summed E-state index contributed by atoms with van der Waals surface area (Å²) < 4.78 is 16.1. The summed E-state index contributed by atoms with van der Waals surface area (Å²) in [6, 6.07) is 7.73. The van der Waals surface area contributed by atoms with Gasteiger partial charge in [0.05, 0.1) is 24.3 Å². The maximum absolute atomic E-state index is 9.74. The summed E-state index contributed by atoms with van der Waals surface area (Å²) in [6.07, 6.45) is 1.49. The second kappa shape index (κ2) is 3.60. The highest BCUT2D eigenvalue weighted by Gasteiger charge is 2.97. The maximum atomic E-state index is 9.74. The molecule has 0 aromatic carbocycles. The van der Waals surface area contributed by atoms with Gasteiger partial charge in [-0.2, -0.15) is 10.5 Å². The monoisotopic (exact) mass is 273 g/mol. The largest absolute Gasteiger partial charge is 0.469 e. The molecule has 7 heteroatoms. The van der Waals surface area contributed by atoms with Gasteiger partial charge in [-0.15, -0.1) is 0 Å². The molecule has 0 bridgehead atoms. The zero-order valence-electron chi connectivity index (χ0n) is 11.0. The van der Waals surface area contributed by atoms with Crippen LogP contribution in [0.25, 0.3) is 0 Å². The van der Waals surface area contributed by atoms with Gasteiger partial charge in [0.25, 0.3) is 5.84 Å². The average Bonchev–Trinajstić information content (AvgIpc) is 2.79. The number of amidine groups is 1. The van der Waals surface area contributed by atoms with Crippen molar-refractivity contribution in [3.8, 4) is 12.1 Å². The Morgan fingerprint density at radius 3 is 2.50 bits per heavy atom. The minimum atomic E-state index is -1.47. The van der Waals surface area contributed by atoms with Gasteiger partial charge in [-0.05, 0) is 12.1 Å². The lowest BCUT2D eigenvalue weighted by Gasteiger charge is -2.26. The molecule has 102 valence electrons. The molecule has 20 heavy (non-hydrogen) atoms. The number of furan rings is 1. The van der Waals surface area contributed by atoms with Crippen LogP contribution in [0.5, 0.6) is 0 Å². The molecule has 1 aromatic rings. The Morgan fingerprint density at radius 1 is 1.35 bits per heavy atom. The van der Waals surface area contributed by atoms with Gasteiger partial charge < -0.3 is 13.9 Å². The van der Waals surface area contributed by atoms with Crippen molar-refractivity contribution >= 4 is 5.84 Å². The van der Waals surface area contributed by atoms with E-state index in [2.05, 4.69) is 17.1 Å². The van der Waals surface area contributed by atoms with Crippen molar-refractivity contribution in [1.82, 2.24) is 0 Å². The Bertz CT molecular complexity index is 665. The first kappa shape index (κ1) is 12.7. The van der Waals surface area contributed by atoms with Crippen LogP contribution in [0, 0.1) is 33.5 Å². The second-order valence-corrected chi connectivity index (χ2v) is 4.85. The Morgan fingerprint density at radius 2 is 2.05 bits per heavy atom. The number of nitrogens with one attached hydrogen (secondary N) is 1. The Balaban J connectivity index is 2.26. The van der Waals surface area contributed by atoms with E-state index < -0.39 is 22.7 Å². The summed E-state index contributed by atoms with van der Waals surface area (Å²) in [7, 11) is 2.79. The molecule has 3 N–H and O–H groups in total. The van der Waals surface area contributed by atoms with Gasteiger partial charge in [-0.1, -0.05) is 0 Å². The topological polar surface area (TPSA) is 119 Å². The molecule has 2 heterocycles. The molecule has 1 aliphatic carbocycles. The van der Waals surface area contributed by atoms with Crippen molar-refractivity contribution in [1.29, 1.82) is 10.5 Å². The molecule has 0 amide bonds. The number of nitrogens with zero attached hydrogens (tertiary/aromatic N) is 2. The van der Waals surface area contributed by atoms with Crippen molar-refractivity contribution in [2.45, 2.75) is 11.8 Å². The fraction of sp³-hybridized carbons (Fsp3) is 0.462. The number of ether oxygens (including phenoxy) is 2. The van der Waals surface area contributed by atoms with Crippen molar-refractivity contribution < 1.29 is 18.9 Å². The molecular formula is C13H13N4O3+. The van der Waals surface area contributed by atoms with E-state index in [1.807, 2.05) is 0 Å². The molecule has 3 rings (SSSR count). The SMILES string of the molecule is COC1(OC)[NH+]=C(N)[C@@]2(C#N)[C@H](c3ccco3)[C@@]12C#N. The Labute approximate surface area is 115 Å². The first-order valence-corrected chi connectivity index (χ1v) is 5.97. The maximum Gasteiger partial charge on any atom is 0.342 e. The first-order valence-electron chi connectivity index (χ1n) is 5.97. The predicted molar refractivity (Wildman–Crippen MR) is 64.4 cm³/mol. The zero-order chi connectivity index (χ0) is 14.6. The molecule has 3 atom stereocenters. The lowest BCUT2D eigenvalue weighted by molar-refractivity contribution is -0.687. The Hall–Kier alpha value is -2.35. The summed E-state index contributed by atoms with van der Waals surface area (Å²) in [5, 5.41) is 19.4. The van der Waals surface area contributed by atoms with Gasteiger partial charge in [0.15, 0.2) is 10.8 Å². The fourth-order valence-corrected chi connectivity index (χ4v) is 3.50. The third-order valence-electron chi connectivity index (χ3n) is 4.40. The van der Waals surface area contributed by atoms with Gasteiger partial charge in [-0.3, -0.25) is 5.73 Å². The fourth-order valence-electron chi connectivity index (χ4n) is 3.50. The number of fused-ring (bicyclic) bond motifs is 1. The summed E-state index contributed by atoms with van der Waals surface area (Å²) in [5.74, 6) is -1.34. The molecule has 0 unspecified atom stereocenters. The van der Waals surface area contributed by atoms with Crippen molar-refractivity contribution in [2.24, 2.45) is 16.6 Å². The number of nitriles is 2. The van der Waals surface area contributed by atoms with E-state index in [0.717, 1.165) is 0 Å². The van der Waals surface area contributed by atoms with Crippen LogP contribution >= 0.6 is 0 Å². The standard InChI is InChI=1S/C13H12N4O3/c1-18-13(19-2)12(7-15)9(8-4-3-5-20-8)11(12,6-14)10(16)17-13/h3-5,9H,1-2H3,(H2,16,17)/p+1/t9-,11+,12+/m0/s1. The minimum absolute atomic E-state index is 0.159. The van der Waals surface area contributed by atoms with E-state index >= 15 is 0 Å². The molecule has 1 aliphatic heterocycles.